The molecule has 0 unspecified atom stereocenters. The molecule has 156 valence electrons. The number of aryl methyl sites for hydroxylation is 1. The summed E-state index contributed by atoms with van der Waals surface area (Å²) in [5.74, 6) is -0.582. The third kappa shape index (κ3) is 4.18. The Balaban J connectivity index is 2.58. The molecular formula is C23H35NO4. The second-order valence-electron chi connectivity index (χ2n) is 8.22. The summed E-state index contributed by atoms with van der Waals surface area (Å²) in [6.45, 7) is 9.94. The smallest absolute Gasteiger partial charge is 0.411 e. The molecule has 0 bridgehead atoms. The molecule has 2 rings (SSSR count). The number of carbonyl (C=O) groups is 2. The quantitative estimate of drug-likeness (QED) is 0.612. The van der Waals surface area contributed by atoms with Gasteiger partial charge in [-0.05, 0) is 52.5 Å². The van der Waals surface area contributed by atoms with Crippen molar-refractivity contribution in [3.05, 3.63) is 35.4 Å². The third-order valence-electron chi connectivity index (χ3n) is 5.72. The molecule has 0 heterocycles. The Morgan fingerprint density at radius 3 is 2.39 bits per heavy atom. The number of nitrogens with zero attached hydrogens (tertiary/aromatic N) is 1. The summed E-state index contributed by atoms with van der Waals surface area (Å²) >= 11 is 0. The Bertz CT molecular complexity index is 677. The lowest BCUT2D eigenvalue weighted by atomic mass is 9.69. The SMILES string of the molecule is CCCC[C@@H]1CCc2ccccc2[C@@]1(OC(=O)N(C(C)C)C(C)C)C(=O)OC. The van der Waals surface area contributed by atoms with Crippen LogP contribution in [0.4, 0.5) is 4.79 Å². The van der Waals surface area contributed by atoms with Crippen molar-refractivity contribution in [2.75, 3.05) is 7.11 Å². The van der Waals surface area contributed by atoms with Crippen molar-refractivity contribution in [2.24, 2.45) is 5.92 Å². The highest BCUT2D eigenvalue weighted by molar-refractivity contribution is 5.86. The highest BCUT2D eigenvalue weighted by atomic mass is 16.6. The van der Waals surface area contributed by atoms with E-state index in [0.29, 0.717) is 0 Å². The molecular weight excluding hydrogens is 354 g/mol. The molecule has 1 aromatic rings. The number of ether oxygens (including phenoxy) is 2. The van der Waals surface area contributed by atoms with E-state index < -0.39 is 17.7 Å². The Labute approximate surface area is 169 Å². The maximum Gasteiger partial charge on any atom is 0.411 e. The zero-order valence-electron chi connectivity index (χ0n) is 18.2. The second-order valence-corrected chi connectivity index (χ2v) is 8.22. The predicted octanol–water partition coefficient (Wildman–Crippen LogP) is 5.06. The van der Waals surface area contributed by atoms with Gasteiger partial charge in [0.2, 0.25) is 5.60 Å². The summed E-state index contributed by atoms with van der Waals surface area (Å²) in [5, 5.41) is 0. The summed E-state index contributed by atoms with van der Waals surface area (Å²) in [6, 6.07) is 7.72. The number of fused-ring (bicyclic) bond motifs is 1. The first-order chi connectivity index (χ1) is 13.3. The molecule has 0 aliphatic heterocycles. The van der Waals surface area contributed by atoms with E-state index in [2.05, 4.69) is 6.92 Å². The van der Waals surface area contributed by atoms with Crippen molar-refractivity contribution in [1.29, 1.82) is 0 Å². The first kappa shape index (κ1) is 22.3. The van der Waals surface area contributed by atoms with E-state index in [-0.39, 0.29) is 18.0 Å². The zero-order chi connectivity index (χ0) is 20.9. The van der Waals surface area contributed by atoms with E-state index in [4.69, 9.17) is 9.47 Å². The molecule has 2 atom stereocenters. The molecule has 0 saturated heterocycles. The van der Waals surface area contributed by atoms with Crippen molar-refractivity contribution in [3.63, 3.8) is 0 Å². The molecule has 0 saturated carbocycles. The normalized spacial score (nSPS) is 21.4. The fraction of sp³-hybridized carbons (Fsp3) is 0.652. The summed E-state index contributed by atoms with van der Waals surface area (Å²) in [7, 11) is 1.37. The number of unbranched alkanes of at least 4 members (excludes halogenated alkanes) is 1. The van der Waals surface area contributed by atoms with Crippen LogP contribution in [0.1, 0.15) is 71.4 Å². The predicted molar refractivity (Wildman–Crippen MR) is 110 cm³/mol. The lowest BCUT2D eigenvalue weighted by Crippen LogP contribution is -2.54. The molecule has 0 spiro atoms. The average molecular weight is 390 g/mol. The van der Waals surface area contributed by atoms with E-state index in [1.807, 2.05) is 52.0 Å². The Kier molecular flexibility index (Phi) is 7.50. The number of carbonyl (C=O) groups excluding carboxylic acids is 2. The monoisotopic (exact) mass is 389 g/mol. The van der Waals surface area contributed by atoms with Crippen LogP contribution in [0.3, 0.4) is 0 Å². The summed E-state index contributed by atoms with van der Waals surface area (Å²) in [6.07, 6.45) is 4.01. The van der Waals surface area contributed by atoms with Gasteiger partial charge in [-0.25, -0.2) is 9.59 Å². The van der Waals surface area contributed by atoms with Crippen molar-refractivity contribution in [2.45, 2.75) is 84.4 Å². The zero-order valence-corrected chi connectivity index (χ0v) is 18.2. The lowest BCUT2D eigenvalue weighted by Gasteiger charge is -2.44. The molecule has 1 amide bonds. The lowest BCUT2D eigenvalue weighted by molar-refractivity contribution is -0.175. The Morgan fingerprint density at radius 1 is 1.18 bits per heavy atom. The summed E-state index contributed by atoms with van der Waals surface area (Å²) in [5.41, 5.74) is 0.432. The van der Waals surface area contributed by atoms with Crippen LogP contribution in [-0.2, 0) is 26.3 Å². The molecule has 1 aliphatic rings. The van der Waals surface area contributed by atoms with Gasteiger partial charge in [-0.2, -0.15) is 0 Å². The van der Waals surface area contributed by atoms with Gasteiger partial charge in [0, 0.05) is 23.6 Å². The van der Waals surface area contributed by atoms with E-state index in [0.717, 1.165) is 43.2 Å². The van der Waals surface area contributed by atoms with Gasteiger partial charge in [-0.3, -0.25) is 0 Å². The van der Waals surface area contributed by atoms with E-state index >= 15 is 0 Å². The molecule has 5 heteroatoms. The first-order valence-electron chi connectivity index (χ1n) is 10.5. The highest BCUT2D eigenvalue weighted by Crippen LogP contribution is 2.46. The number of rotatable bonds is 7. The first-order valence-corrected chi connectivity index (χ1v) is 10.5. The molecule has 0 fully saturated rings. The van der Waals surface area contributed by atoms with Crippen LogP contribution in [0.5, 0.6) is 0 Å². The van der Waals surface area contributed by atoms with Crippen molar-refractivity contribution in [3.8, 4) is 0 Å². The second kappa shape index (κ2) is 9.44. The average Bonchev–Trinajstić information content (AvgIpc) is 2.65. The van der Waals surface area contributed by atoms with Crippen molar-refractivity contribution < 1.29 is 19.1 Å². The topological polar surface area (TPSA) is 55.8 Å². The maximum absolute atomic E-state index is 13.2. The van der Waals surface area contributed by atoms with Gasteiger partial charge in [0.05, 0.1) is 7.11 Å². The fourth-order valence-corrected chi connectivity index (χ4v) is 4.47. The largest absolute Gasteiger partial charge is 0.466 e. The van der Waals surface area contributed by atoms with Gasteiger partial charge >= 0.3 is 12.1 Å². The van der Waals surface area contributed by atoms with Gasteiger partial charge in [0.15, 0.2) is 0 Å². The van der Waals surface area contributed by atoms with Gasteiger partial charge < -0.3 is 14.4 Å². The van der Waals surface area contributed by atoms with E-state index in [9.17, 15) is 9.59 Å². The maximum atomic E-state index is 13.2. The minimum absolute atomic E-state index is 0.0323. The molecule has 0 radical (unpaired) electrons. The van der Waals surface area contributed by atoms with E-state index in [1.54, 1.807) is 4.90 Å². The number of hydrogen-bond donors (Lipinski definition) is 0. The Morgan fingerprint density at radius 2 is 1.82 bits per heavy atom. The van der Waals surface area contributed by atoms with Gasteiger partial charge in [0.25, 0.3) is 0 Å². The molecule has 1 aromatic carbocycles. The van der Waals surface area contributed by atoms with E-state index in [1.165, 1.54) is 7.11 Å². The minimum atomic E-state index is -1.39. The third-order valence-corrected chi connectivity index (χ3v) is 5.72. The Hall–Kier alpha value is -2.04. The summed E-state index contributed by atoms with van der Waals surface area (Å²) < 4.78 is 11.4. The van der Waals surface area contributed by atoms with Gasteiger partial charge in [0.1, 0.15) is 0 Å². The van der Waals surface area contributed by atoms with Crippen LogP contribution >= 0.6 is 0 Å². The van der Waals surface area contributed by atoms with Crippen LogP contribution in [0.2, 0.25) is 0 Å². The summed E-state index contributed by atoms with van der Waals surface area (Å²) in [4.78, 5) is 28.1. The molecule has 0 aromatic heterocycles. The van der Waals surface area contributed by atoms with Gasteiger partial charge in [-0.15, -0.1) is 0 Å². The molecule has 0 N–H and O–H groups in total. The number of hydrogen-bond acceptors (Lipinski definition) is 4. The number of esters is 1. The number of benzene rings is 1. The van der Waals surface area contributed by atoms with Crippen molar-refractivity contribution >= 4 is 12.1 Å². The molecule has 5 nitrogen and oxygen atoms in total. The number of methoxy groups -OCH3 is 1. The van der Waals surface area contributed by atoms with Crippen molar-refractivity contribution in [1.82, 2.24) is 4.90 Å². The standard InChI is InChI=1S/C23H35NO4/c1-7-8-12-19-15-14-18-11-9-10-13-20(18)23(19,21(25)27-6)28-22(26)24(16(2)3)17(4)5/h9-11,13,16-17,19H,7-8,12,14-15H2,1-6H3/t19-,23-/m1/s1. The molecule has 28 heavy (non-hydrogen) atoms. The van der Waals surface area contributed by atoms with Crippen LogP contribution in [0.15, 0.2) is 24.3 Å². The van der Waals surface area contributed by atoms with Crippen LogP contribution < -0.4 is 0 Å². The minimum Gasteiger partial charge on any atom is -0.466 e. The molecule has 1 aliphatic carbocycles. The van der Waals surface area contributed by atoms with Crippen LogP contribution in [0, 0.1) is 5.92 Å². The highest BCUT2D eigenvalue weighted by Gasteiger charge is 2.55. The fourth-order valence-electron chi connectivity index (χ4n) is 4.47. The number of amides is 1. The van der Waals surface area contributed by atoms with Crippen LogP contribution in [0.25, 0.3) is 0 Å². The van der Waals surface area contributed by atoms with Gasteiger partial charge in [-0.1, -0.05) is 44.0 Å². The van der Waals surface area contributed by atoms with Crippen LogP contribution in [-0.4, -0.2) is 36.2 Å².